The number of aromatic nitrogens is 4. The van der Waals surface area contributed by atoms with Crippen molar-refractivity contribution < 1.29 is 0 Å². The fourth-order valence-corrected chi connectivity index (χ4v) is 2.54. The second-order valence-electron chi connectivity index (χ2n) is 5.98. The molecule has 0 aliphatic carbocycles. The Balaban J connectivity index is 2.08. The van der Waals surface area contributed by atoms with E-state index in [2.05, 4.69) is 20.4 Å². The summed E-state index contributed by atoms with van der Waals surface area (Å²) < 4.78 is 1.35. The van der Waals surface area contributed by atoms with Crippen LogP contribution >= 0.6 is 0 Å². The third-order valence-electron chi connectivity index (χ3n) is 3.70. The summed E-state index contributed by atoms with van der Waals surface area (Å²) in [6.45, 7) is 5.70. The first kappa shape index (κ1) is 15.9. The molecule has 0 spiro atoms. The zero-order chi connectivity index (χ0) is 17.3. The smallest absolute Gasteiger partial charge is 0.275 e. The Morgan fingerprint density at radius 2 is 1.92 bits per heavy atom. The molecule has 0 aliphatic heterocycles. The Labute approximate surface area is 138 Å². The number of aromatic amines is 1. The molecule has 7 heteroatoms. The van der Waals surface area contributed by atoms with Crippen molar-refractivity contribution in [2.24, 2.45) is 0 Å². The molecule has 2 N–H and O–H groups in total. The molecule has 2 aromatic heterocycles. The van der Waals surface area contributed by atoms with Crippen LogP contribution in [0.4, 0.5) is 5.95 Å². The van der Waals surface area contributed by atoms with Crippen molar-refractivity contribution >= 4 is 16.7 Å². The minimum Gasteiger partial charge on any atom is -0.354 e. The topological polar surface area (TPSA) is 92.7 Å². The van der Waals surface area contributed by atoms with Crippen molar-refractivity contribution in [3.63, 3.8) is 0 Å². The molecule has 0 unspecified atom stereocenters. The van der Waals surface area contributed by atoms with Gasteiger partial charge >= 0.3 is 0 Å². The zero-order valence-corrected chi connectivity index (χ0v) is 13.8. The molecular weight excluding hydrogens is 306 g/mol. The molecule has 0 saturated carbocycles. The molecule has 0 saturated heterocycles. The standard InChI is InChI=1S/C17H19N5O2/c1-10(2)19-17-20-14(8-15(23)21-17)11(3)22-16(24)13-7-5-4-6-12(13)9-18-22/h4-11H,1-3H3,(H2,19,20,21,23)/t11-/m1/s1. The van der Waals surface area contributed by atoms with E-state index >= 15 is 0 Å². The van der Waals surface area contributed by atoms with Crippen molar-refractivity contribution in [3.05, 3.63) is 62.9 Å². The van der Waals surface area contributed by atoms with Crippen molar-refractivity contribution in [1.29, 1.82) is 0 Å². The Bertz CT molecular complexity index is 990. The summed E-state index contributed by atoms with van der Waals surface area (Å²) >= 11 is 0. The van der Waals surface area contributed by atoms with Crippen LogP contribution < -0.4 is 16.4 Å². The van der Waals surface area contributed by atoms with Gasteiger partial charge in [-0.05, 0) is 26.8 Å². The van der Waals surface area contributed by atoms with E-state index in [4.69, 9.17) is 0 Å². The van der Waals surface area contributed by atoms with Crippen LogP contribution in [0, 0.1) is 0 Å². The van der Waals surface area contributed by atoms with Crippen molar-refractivity contribution in [2.45, 2.75) is 32.9 Å². The summed E-state index contributed by atoms with van der Waals surface area (Å²) in [5.41, 5.74) is -0.00308. The Morgan fingerprint density at radius 1 is 1.17 bits per heavy atom. The predicted octanol–water partition coefficient (Wildman–Crippen LogP) is 1.91. The number of rotatable bonds is 4. The summed E-state index contributed by atoms with van der Waals surface area (Å²) in [6.07, 6.45) is 1.65. The quantitative estimate of drug-likeness (QED) is 0.764. The summed E-state index contributed by atoms with van der Waals surface area (Å²) in [5.74, 6) is 0.383. The van der Waals surface area contributed by atoms with E-state index < -0.39 is 6.04 Å². The first-order chi connectivity index (χ1) is 11.5. The molecule has 0 aliphatic rings. The molecule has 0 amide bonds. The Kier molecular flexibility index (Phi) is 4.16. The van der Waals surface area contributed by atoms with Crippen LogP contribution in [0.25, 0.3) is 10.8 Å². The highest BCUT2D eigenvalue weighted by Crippen LogP contribution is 2.14. The largest absolute Gasteiger partial charge is 0.354 e. The number of nitrogens with one attached hydrogen (secondary N) is 2. The molecule has 24 heavy (non-hydrogen) atoms. The van der Waals surface area contributed by atoms with Gasteiger partial charge in [0.25, 0.3) is 11.1 Å². The lowest BCUT2D eigenvalue weighted by molar-refractivity contribution is 0.524. The lowest BCUT2D eigenvalue weighted by Crippen LogP contribution is -2.28. The van der Waals surface area contributed by atoms with Crippen molar-refractivity contribution in [2.75, 3.05) is 5.32 Å². The summed E-state index contributed by atoms with van der Waals surface area (Å²) in [5, 5.41) is 8.67. The van der Waals surface area contributed by atoms with Crippen molar-refractivity contribution in [3.8, 4) is 0 Å². The molecule has 3 aromatic rings. The van der Waals surface area contributed by atoms with Crippen LogP contribution in [0.3, 0.4) is 0 Å². The number of hydrogen-bond donors (Lipinski definition) is 2. The van der Waals surface area contributed by atoms with Gasteiger partial charge in [-0.25, -0.2) is 9.67 Å². The lowest BCUT2D eigenvalue weighted by Gasteiger charge is -2.15. The molecule has 1 atom stereocenters. The van der Waals surface area contributed by atoms with E-state index in [-0.39, 0.29) is 17.2 Å². The van der Waals surface area contributed by atoms with Crippen molar-refractivity contribution in [1.82, 2.24) is 19.7 Å². The van der Waals surface area contributed by atoms with Gasteiger partial charge in [0.05, 0.1) is 23.3 Å². The molecule has 3 rings (SSSR count). The van der Waals surface area contributed by atoms with Gasteiger partial charge < -0.3 is 5.32 Å². The second kappa shape index (κ2) is 6.27. The third-order valence-corrected chi connectivity index (χ3v) is 3.70. The number of fused-ring (bicyclic) bond motifs is 1. The van der Waals surface area contributed by atoms with E-state index in [1.807, 2.05) is 32.0 Å². The highest BCUT2D eigenvalue weighted by atomic mass is 16.1. The van der Waals surface area contributed by atoms with E-state index in [0.717, 1.165) is 5.39 Å². The molecule has 7 nitrogen and oxygen atoms in total. The summed E-state index contributed by atoms with van der Waals surface area (Å²) in [7, 11) is 0. The van der Waals surface area contributed by atoms with Gasteiger partial charge in [0, 0.05) is 17.5 Å². The van der Waals surface area contributed by atoms with Gasteiger partial charge in [-0.2, -0.15) is 5.10 Å². The van der Waals surface area contributed by atoms with Crippen LogP contribution in [0.2, 0.25) is 0 Å². The first-order valence-corrected chi connectivity index (χ1v) is 7.80. The van der Waals surface area contributed by atoms with Crippen LogP contribution in [0.5, 0.6) is 0 Å². The van der Waals surface area contributed by atoms with Crippen LogP contribution in [-0.2, 0) is 0 Å². The number of anilines is 1. The molecule has 2 heterocycles. The number of nitrogens with zero attached hydrogens (tertiary/aromatic N) is 3. The van der Waals surface area contributed by atoms with Crippen LogP contribution in [0.1, 0.15) is 32.5 Å². The van der Waals surface area contributed by atoms with Gasteiger partial charge in [-0.1, -0.05) is 18.2 Å². The maximum atomic E-state index is 12.7. The first-order valence-electron chi connectivity index (χ1n) is 7.80. The van der Waals surface area contributed by atoms with E-state index in [9.17, 15) is 9.59 Å². The number of benzene rings is 1. The Hall–Kier alpha value is -2.96. The third kappa shape index (κ3) is 3.05. The minimum atomic E-state index is -0.461. The van der Waals surface area contributed by atoms with E-state index in [0.29, 0.717) is 17.0 Å². The maximum Gasteiger partial charge on any atom is 0.275 e. The van der Waals surface area contributed by atoms with Gasteiger partial charge in [-0.15, -0.1) is 0 Å². The van der Waals surface area contributed by atoms with Gasteiger partial charge in [0.2, 0.25) is 5.95 Å². The van der Waals surface area contributed by atoms with Gasteiger partial charge in [0.15, 0.2) is 0 Å². The monoisotopic (exact) mass is 325 g/mol. The zero-order valence-electron chi connectivity index (χ0n) is 13.8. The second-order valence-corrected chi connectivity index (χ2v) is 5.98. The predicted molar refractivity (Wildman–Crippen MR) is 93.4 cm³/mol. The number of hydrogen-bond acceptors (Lipinski definition) is 5. The number of H-pyrrole nitrogens is 1. The highest BCUT2D eigenvalue weighted by molar-refractivity contribution is 5.80. The molecule has 0 bridgehead atoms. The van der Waals surface area contributed by atoms with Crippen LogP contribution in [-0.4, -0.2) is 25.8 Å². The molecule has 124 valence electrons. The van der Waals surface area contributed by atoms with E-state index in [1.54, 1.807) is 19.2 Å². The summed E-state index contributed by atoms with van der Waals surface area (Å²) in [6, 6.07) is 8.33. The fourth-order valence-electron chi connectivity index (χ4n) is 2.54. The average Bonchev–Trinajstić information content (AvgIpc) is 2.53. The molecular formula is C17H19N5O2. The normalized spacial score (nSPS) is 12.5. The average molecular weight is 325 g/mol. The lowest BCUT2D eigenvalue weighted by atomic mass is 10.2. The SMILES string of the molecule is CC(C)Nc1nc([C@@H](C)n2ncc3ccccc3c2=O)cc(=O)[nH]1. The molecule has 0 radical (unpaired) electrons. The fraction of sp³-hybridized carbons (Fsp3) is 0.294. The molecule has 1 aromatic carbocycles. The minimum absolute atomic E-state index is 0.125. The van der Waals surface area contributed by atoms with E-state index in [1.165, 1.54) is 10.7 Å². The highest BCUT2D eigenvalue weighted by Gasteiger charge is 2.15. The Morgan fingerprint density at radius 3 is 2.67 bits per heavy atom. The van der Waals surface area contributed by atoms with Crippen LogP contribution in [0.15, 0.2) is 46.1 Å². The van der Waals surface area contributed by atoms with Gasteiger partial charge in [-0.3, -0.25) is 14.6 Å². The summed E-state index contributed by atoms with van der Waals surface area (Å²) in [4.78, 5) is 31.6. The molecule has 0 fully saturated rings. The maximum absolute atomic E-state index is 12.7. The van der Waals surface area contributed by atoms with Gasteiger partial charge in [0.1, 0.15) is 0 Å².